The fourth-order valence-corrected chi connectivity index (χ4v) is 19.3. The van der Waals surface area contributed by atoms with Crippen LogP contribution in [0.5, 0.6) is 5.75 Å². The summed E-state index contributed by atoms with van der Waals surface area (Å²) in [6.45, 7) is 31.3. The molecular formula is C102H117N29O12S4. The molecule has 0 saturated carbocycles. The van der Waals surface area contributed by atoms with E-state index in [2.05, 4.69) is 144 Å². The van der Waals surface area contributed by atoms with E-state index in [4.69, 9.17) is 28.9 Å². The molecule has 0 bridgehead atoms. The molecule has 1 unspecified atom stereocenters. The van der Waals surface area contributed by atoms with Crippen LogP contribution in [0.2, 0.25) is 0 Å². The van der Waals surface area contributed by atoms with Crippen molar-refractivity contribution in [3.8, 4) is 95.5 Å². The number of aromatic nitrogens is 18. The van der Waals surface area contributed by atoms with E-state index in [1.165, 1.54) is 45.3 Å². The molecule has 147 heavy (non-hydrogen) atoms. The number of likely N-dealkylation sites (N-methyl/N-ethyl adjacent to an activating group) is 1. The molecule has 18 rings (SSSR count). The Morgan fingerprint density at radius 2 is 0.803 bits per heavy atom. The summed E-state index contributed by atoms with van der Waals surface area (Å²) in [7, 11) is 3.30. The number of rotatable bonds is 32. The van der Waals surface area contributed by atoms with E-state index in [0.717, 1.165) is 167 Å². The average molecular weight is 2070 g/mol. The molecule has 14 heterocycles. The minimum absolute atomic E-state index is 0.296. The van der Waals surface area contributed by atoms with Crippen LogP contribution in [0, 0.1) is 0 Å². The number of nitrogens with one attached hydrogen (secondary N) is 8. The number of nitrogens with zero attached hydrogens (tertiary/aromatic N) is 21. The van der Waals surface area contributed by atoms with Gasteiger partial charge in [-0.05, 0) is 190 Å². The second kappa shape index (κ2) is 49.6. The number of aryl methyl sites for hydroxylation is 1. The lowest BCUT2D eigenvalue weighted by atomic mass is 10.0. The first kappa shape index (κ1) is 107. The van der Waals surface area contributed by atoms with Crippen molar-refractivity contribution in [3.05, 3.63) is 194 Å². The zero-order valence-electron chi connectivity index (χ0n) is 83.7. The molecule has 2 aliphatic heterocycles. The van der Waals surface area contributed by atoms with Gasteiger partial charge < -0.3 is 70.4 Å². The number of piperazine rings is 1. The van der Waals surface area contributed by atoms with Crippen molar-refractivity contribution in [2.24, 2.45) is 0 Å². The Kier molecular flexibility index (Phi) is 36.0. The molecule has 8 amide bonds. The quantitative estimate of drug-likeness (QED) is 0.0174. The lowest BCUT2D eigenvalue weighted by Crippen LogP contribution is -2.46. The lowest BCUT2D eigenvalue weighted by molar-refractivity contribution is 0.0126. The number of β-amino-alcohol motifs (C(OH)–C–C–N with tert-alkyl or cyclic N) is 1. The van der Waals surface area contributed by atoms with Crippen LogP contribution in [0.3, 0.4) is 0 Å². The second-order valence-corrected chi connectivity index (χ2v) is 39.4. The van der Waals surface area contributed by atoms with Gasteiger partial charge in [0.25, 0.3) is 0 Å². The number of carbonyl (C=O) groups excluding carboxylic acids is 4. The van der Waals surface area contributed by atoms with E-state index in [9.17, 15) is 39.6 Å². The van der Waals surface area contributed by atoms with E-state index in [-0.39, 0.29) is 24.1 Å². The highest BCUT2D eigenvalue weighted by Crippen LogP contribution is 2.44. The van der Waals surface area contributed by atoms with Crippen LogP contribution in [0.4, 0.5) is 45.5 Å². The monoisotopic (exact) mass is 2070 g/mol. The van der Waals surface area contributed by atoms with Crippen molar-refractivity contribution in [1.29, 1.82) is 0 Å². The second-order valence-electron chi connectivity index (χ2n) is 35.4. The largest absolute Gasteiger partial charge is 0.491 e. The Labute approximate surface area is 864 Å². The van der Waals surface area contributed by atoms with Gasteiger partial charge in [0.1, 0.15) is 41.1 Å². The predicted octanol–water partition coefficient (Wildman–Crippen LogP) is 15.4. The summed E-state index contributed by atoms with van der Waals surface area (Å²) in [6, 6.07) is 27.7. The maximum absolute atomic E-state index is 12.2. The maximum atomic E-state index is 12.2. The van der Waals surface area contributed by atoms with E-state index < -0.39 is 22.9 Å². The minimum atomic E-state index is -1.14. The number of urea groups is 4. The van der Waals surface area contributed by atoms with Crippen LogP contribution in [0.25, 0.3) is 131 Å². The topological polar surface area (TPSA) is 524 Å². The Bertz CT molecular complexity index is 6970. The normalized spacial score (nSPS) is 13.2. The number of anilines is 5. The van der Waals surface area contributed by atoms with Gasteiger partial charge in [0.2, 0.25) is 0 Å². The molecule has 45 heteroatoms. The highest BCUT2D eigenvalue weighted by atomic mass is 32.1. The Morgan fingerprint density at radius 3 is 1.21 bits per heavy atom. The Balaban J connectivity index is 0.000000147. The Morgan fingerprint density at radius 1 is 0.408 bits per heavy atom. The van der Waals surface area contributed by atoms with Gasteiger partial charge in [-0.1, -0.05) is 58.3 Å². The smallest absolute Gasteiger partial charge is 0.321 e. The molecule has 0 spiro atoms. The van der Waals surface area contributed by atoms with Crippen molar-refractivity contribution >= 4 is 137 Å². The number of ether oxygens (including phenoxy) is 4. The van der Waals surface area contributed by atoms with E-state index >= 15 is 0 Å². The number of aliphatic hydroxyl groups excluding tert-OH is 1. The summed E-state index contributed by atoms with van der Waals surface area (Å²) in [5, 5.41) is 65.3. The van der Waals surface area contributed by atoms with Crippen LogP contribution in [0.1, 0.15) is 118 Å². The third kappa shape index (κ3) is 28.2. The van der Waals surface area contributed by atoms with Gasteiger partial charge in [-0.3, -0.25) is 36.1 Å². The van der Waals surface area contributed by atoms with Crippen molar-refractivity contribution in [2.45, 2.75) is 112 Å². The summed E-state index contributed by atoms with van der Waals surface area (Å²) in [4.78, 5) is 137. The fourth-order valence-electron chi connectivity index (χ4n) is 15.5. The molecule has 12 aromatic heterocycles. The van der Waals surface area contributed by atoms with E-state index in [1.807, 2.05) is 113 Å². The highest BCUT2D eigenvalue weighted by Gasteiger charge is 2.29. The van der Waals surface area contributed by atoms with Gasteiger partial charge in [-0.2, -0.15) is 0 Å². The molecule has 766 valence electrons. The van der Waals surface area contributed by atoms with Gasteiger partial charge in [-0.15, -0.1) is 0 Å². The molecule has 0 radical (unpaired) electrons. The molecule has 12 N–H and O–H groups in total. The van der Waals surface area contributed by atoms with Crippen molar-refractivity contribution < 1.29 is 58.6 Å². The first-order valence-electron chi connectivity index (χ1n) is 48.0. The number of pyridine rings is 2. The van der Waals surface area contributed by atoms with Gasteiger partial charge in [0.15, 0.2) is 55.5 Å². The molecule has 4 aromatic carbocycles. The van der Waals surface area contributed by atoms with Crippen molar-refractivity contribution in [3.63, 3.8) is 0 Å². The zero-order valence-corrected chi connectivity index (χ0v) is 86.9. The molecule has 2 aliphatic rings. The number of fused-ring (bicyclic) bond motifs is 4. The number of aliphatic hydroxyl groups is 4. The van der Waals surface area contributed by atoms with Gasteiger partial charge >= 0.3 is 24.1 Å². The maximum Gasteiger partial charge on any atom is 0.321 e. The molecule has 41 nitrogen and oxygen atoms in total. The van der Waals surface area contributed by atoms with E-state index in [1.54, 1.807) is 136 Å². The number of thiazole rings is 4. The summed E-state index contributed by atoms with van der Waals surface area (Å²) in [5.41, 5.74) is 11.6. The van der Waals surface area contributed by atoms with Crippen LogP contribution in [-0.2, 0) is 37.4 Å². The average Bonchev–Trinajstić information content (AvgIpc) is 1.67. The van der Waals surface area contributed by atoms with Crippen LogP contribution in [0.15, 0.2) is 165 Å². The van der Waals surface area contributed by atoms with Gasteiger partial charge in [0.05, 0.1) is 72.1 Å². The molecular weight excluding hydrogens is 1950 g/mol. The lowest BCUT2D eigenvalue weighted by Gasteiger charge is -2.34. The highest BCUT2D eigenvalue weighted by molar-refractivity contribution is 7.24. The number of amides is 8. The number of benzene rings is 4. The van der Waals surface area contributed by atoms with Gasteiger partial charge in [-0.25, -0.2) is 98.9 Å². The number of methoxy groups -OCH3 is 2. The molecule has 1 atom stereocenters. The van der Waals surface area contributed by atoms with Crippen LogP contribution in [-0.4, -0.2) is 270 Å². The third-order valence-corrected chi connectivity index (χ3v) is 27.0. The van der Waals surface area contributed by atoms with Crippen molar-refractivity contribution in [1.82, 2.24) is 121 Å². The standard InChI is InChI=1S/C27H33N9O2S.C25H27N7O3S.C25H29N7O3S.C25H28N6O4S/c1-5-28-25(37)34-26-32-20-14-17(18-15-30-24(31-16-18)27(3,4)38)13-19(22(20)39-26)23-29-8-7-21(33-23)36-11-9-35(6-2)10-12-36;1-2-26-24(34)31-25-30-20-12-16(11-18(22(20)36-25)19-5-3-4-6-27-19)17-13-28-23(29-14-17)21(33)15-32-7-9-35-10-8-32;1-5-26-23(33)32-24-31-19-12-15(16-13-28-22(29-14-16)25(2,3)34)11-18(20(19)36-24)21-27-9-8-17(30-21)7-6-10-35-4;1-5-26-23(32)31-24-30-20-11-15(16-13-28-22(29-14-16)25(2,3)33)10-18(21(20)36-24)19-12-17(6-7-27-19)35-9-8-34-4/h7-8,13-16,38H,5-6,9-12H2,1-4H3,(H2,28,32,34,37);3-6,11-14,21,33H,2,7-10,15H2,1H3,(H2,26,30,31,34);8-9,11-14,34H,5-7,10H2,1-4H3,(H2,26,31,32,33);6-7,10-14,33H,5,8-9H2,1-4H3,(H2,26,30,31,32). The van der Waals surface area contributed by atoms with Crippen molar-refractivity contribution in [2.75, 3.05) is 152 Å². The number of hydrogen-bond acceptors (Lipinski definition) is 37. The van der Waals surface area contributed by atoms with E-state index in [0.29, 0.717) is 149 Å². The zero-order chi connectivity index (χ0) is 104. The third-order valence-electron chi connectivity index (χ3n) is 22.9. The summed E-state index contributed by atoms with van der Waals surface area (Å²) in [5.74, 6) is 4.10. The van der Waals surface area contributed by atoms with Crippen LogP contribution >= 0.6 is 45.3 Å². The molecule has 0 aliphatic carbocycles. The summed E-state index contributed by atoms with van der Waals surface area (Å²) < 4.78 is 24.9. The van der Waals surface area contributed by atoms with Crippen LogP contribution < -0.4 is 52.2 Å². The number of hydrogen-bond donors (Lipinski definition) is 12. The first-order valence-corrected chi connectivity index (χ1v) is 51.2. The summed E-state index contributed by atoms with van der Waals surface area (Å²) in [6.07, 6.45) is 21.3. The number of carbonyl (C=O) groups is 4. The first-order chi connectivity index (χ1) is 70.9. The number of morpholine rings is 1. The SMILES string of the molecule is CCNC(=O)Nc1nc2cc(-c3cnc(C(C)(C)O)nc3)cc(-c3cc(OCCOC)ccn3)c2s1.CCNC(=O)Nc1nc2cc(-c3cnc(C(C)(C)O)nc3)cc(-c3nccc(CCCOC)n3)c2s1.CCNC(=O)Nc1nc2cc(-c3cnc(C(C)(C)O)nc3)cc(-c3nccc(N4CCN(CC)CC4)n3)c2s1.CCNC(=O)Nc1nc2cc(-c3cnc(C(O)CN4CCOCC4)nc3)cc(-c3ccccn3)c2s1. The Hall–Kier alpha value is -14.5. The minimum Gasteiger partial charge on any atom is -0.491 e. The summed E-state index contributed by atoms with van der Waals surface area (Å²) >= 11 is 5.50. The van der Waals surface area contributed by atoms with Gasteiger partial charge in [0, 0.05) is 223 Å². The fraction of sp³-hybridized carbons (Fsp3) is 0.353. The predicted molar refractivity (Wildman–Crippen MR) is 572 cm³/mol. The molecule has 2 fully saturated rings. The molecule has 16 aromatic rings. The molecule has 2 saturated heterocycles.